The third-order valence-corrected chi connectivity index (χ3v) is 4.03. The first-order chi connectivity index (χ1) is 10.7. The zero-order valence-electron chi connectivity index (χ0n) is 12.5. The number of alkyl halides is 3. The van der Waals surface area contributed by atoms with Crippen molar-refractivity contribution in [2.45, 2.75) is 44.8 Å². The summed E-state index contributed by atoms with van der Waals surface area (Å²) < 4.78 is 37.7. The number of carbonyl (C=O) groups excluding carboxylic acids is 1. The number of pyridine rings is 1. The molecule has 1 aromatic heterocycles. The molecule has 1 fully saturated rings. The minimum absolute atomic E-state index is 0.0107. The van der Waals surface area contributed by atoms with E-state index in [1.807, 2.05) is 0 Å². The molecule has 1 aromatic rings. The van der Waals surface area contributed by atoms with E-state index in [9.17, 15) is 22.8 Å². The van der Waals surface area contributed by atoms with Gasteiger partial charge < -0.3 is 10.4 Å². The molecule has 8 heteroatoms. The SMILES string of the molecule is Cc1nc(C(F)(F)F)ccc1C(=O)NC1CCC(C(=O)O)CC1. The molecule has 0 bridgehead atoms. The Morgan fingerprint density at radius 1 is 1.22 bits per heavy atom. The number of carbonyl (C=O) groups is 2. The van der Waals surface area contributed by atoms with Gasteiger partial charge in [-0.25, -0.2) is 4.98 Å². The number of carboxylic acid groups (broad SMARTS) is 1. The van der Waals surface area contributed by atoms with Crippen LogP contribution in [0.15, 0.2) is 12.1 Å². The highest BCUT2D eigenvalue weighted by molar-refractivity contribution is 5.95. The summed E-state index contributed by atoms with van der Waals surface area (Å²) in [6.07, 6.45) is -2.52. The first-order valence-corrected chi connectivity index (χ1v) is 7.27. The summed E-state index contributed by atoms with van der Waals surface area (Å²) in [6.45, 7) is 1.35. The smallest absolute Gasteiger partial charge is 0.433 e. The van der Waals surface area contributed by atoms with Crippen LogP contribution in [-0.4, -0.2) is 28.0 Å². The van der Waals surface area contributed by atoms with Crippen molar-refractivity contribution < 1.29 is 27.9 Å². The lowest BCUT2D eigenvalue weighted by Crippen LogP contribution is -2.39. The van der Waals surface area contributed by atoms with E-state index in [0.29, 0.717) is 25.7 Å². The van der Waals surface area contributed by atoms with E-state index < -0.39 is 29.7 Å². The molecule has 2 rings (SSSR count). The number of hydrogen-bond donors (Lipinski definition) is 2. The number of aryl methyl sites for hydroxylation is 1. The fraction of sp³-hybridized carbons (Fsp3) is 0.533. The van der Waals surface area contributed by atoms with E-state index in [1.165, 1.54) is 6.92 Å². The van der Waals surface area contributed by atoms with Crippen LogP contribution in [0.4, 0.5) is 13.2 Å². The second-order valence-electron chi connectivity index (χ2n) is 5.69. The second kappa shape index (κ2) is 6.55. The number of amides is 1. The molecule has 0 aromatic carbocycles. The van der Waals surface area contributed by atoms with Gasteiger partial charge in [-0.05, 0) is 44.7 Å². The Kier molecular flexibility index (Phi) is 4.91. The van der Waals surface area contributed by atoms with Crippen molar-refractivity contribution in [3.05, 3.63) is 29.1 Å². The minimum atomic E-state index is -4.55. The molecule has 1 saturated carbocycles. The molecule has 0 saturated heterocycles. The van der Waals surface area contributed by atoms with Crippen LogP contribution in [0.5, 0.6) is 0 Å². The van der Waals surface area contributed by atoms with E-state index in [-0.39, 0.29) is 17.3 Å². The van der Waals surface area contributed by atoms with Gasteiger partial charge >= 0.3 is 12.1 Å². The first kappa shape index (κ1) is 17.2. The zero-order valence-corrected chi connectivity index (χ0v) is 12.5. The maximum Gasteiger partial charge on any atom is 0.433 e. The Bertz CT molecular complexity index is 608. The molecule has 0 aliphatic heterocycles. The van der Waals surface area contributed by atoms with Gasteiger partial charge in [-0.2, -0.15) is 13.2 Å². The predicted molar refractivity (Wildman–Crippen MR) is 74.8 cm³/mol. The van der Waals surface area contributed by atoms with Crippen LogP contribution in [0.2, 0.25) is 0 Å². The Labute approximate surface area is 130 Å². The summed E-state index contributed by atoms with van der Waals surface area (Å²) in [4.78, 5) is 26.5. The van der Waals surface area contributed by atoms with E-state index >= 15 is 0 Å². The molecule has 1 aliphatic rings. The predicted octanol–water partition coefficient (Wildman–Crippen LogP) is 2.78. The van der Waals surface area contributed by atoms with Gasteiger partial charge in [0.2, 0.25) is 0 Å². The number of nitrogens with one attached hydrogen (secondary N) is 1. The molecule has 0 atom stereocenters. The molecule has 23 heavy (non-hydrogen) atoms. The van der Waals surface area contributed by atoms with Gasteiger partial charge in [-0.1, -0.05) is 0 Å². The molecular weight excluding hydrogens is 313 g/mol. The lowest BCUT2D eigenvalue weighted by atomic mass is 9.86. The normalized spacial score (nSPS) is 21.7. The standard InChI is InChI=1S/C15H17F3N2O3/c1-8-11(6-7-12(19-8)15(16,17)18)13(21)20-10-4-2-9(3-5-10)14(22)23/h6-7,9-10H,2-5H2,1H3,(H,20,21)(H,22,23). The monoisotopic (exact) mass is 330 g/mol. The number of rotatable bonds is 3. The molecule has 2 N–H and O–H groups in total. The van der Waals surface area contributed by atoms with Gasteiger partial charge in [0.15, 0.2) is 0 Å². The van der Waals surface area contributed by atoms with Crippen LogP contribution in [-0.2, 0) is 11.0 Å². The highest BCUT2D eigenvalue weighted by atomic mass is 19.4. The van der Waals surface area contributed by atoms with Crippen LogP contribution in [0, 0.1) is 12.8 Å². The van der Waals surface area contributed by atoms with Gasteiger partial charge in [-0.15, -0.1) is 0 Å². The van der Waals surface area contributed by atoms with E-state index in [2.05, 4.69) is 10.3 Å². The average molecular weight is 330 g/mol. The zero-order chi connectivity index (χ0) is 17.2. The van der Waals surface area contributed by atoms with Crippen molar-refractivity contribution in [3.63, 3.8) is 0 Å². The molecule has 126 valence electrons. The second-order valence-corrected chi connectivity index (χ2v) is 5.69. The van der Waals surface area contributed by atoms with Gasteiger partial charge in [0, 0.05) is 6.04 Å². The van der Waals surface area contributed by atoms with Gasteiger partial charge in [0.1, 0.15) is 5.69 Å². The summed E-state index contributed by atoms with van der Waals surface area (Å²) in [5, 5.41) is 11.7. The molecule has 1 aliphatic carbocycles. The van der Waals surface area contributed by atoms with Crippen LogP contribution < -0.4 is 5.32 Å². The summed E-state index contributed by atoms with van der Waals surface area (Å²) in [7, 11) is 0. The van der Waals surface area contributed by atoms with Gasteiger partial charge in [0.25, 0.3) is 5.91 Å². The molecular formula is C15H17F3N2O3. The lowest BCUT2D eigenvalue weighted by Gasteiger charge is -2.27. The minimum Gasteiger partial charge on any atom is -0.481 e. The summed E-state index contributed by atoms with van der Waals surface area (Å²) >= 11 is 0. The fourth-order valence-corrected chi connectivity index (χ4v) is 2.71. The number of hydrogen-bond acceptors (Lipinski definition) is 3. The van der Waals surface area contributed by atoms with Gasteiger partial charge in [0.05, 0.1) is 17.2 Å². The van der Waals surface area contributed by atoms with Crippen molar-refractivity contribution in [3.8, 4) is 0 Å². The van der Waals surface area contributed by atoms with E-state index in [0.717, 1.165) is 12.1 Å². The van der Waals surface area contributed by atoms with Crippen LogP contribution in [0.25, 0.3) is 0 Å². The van der Waals surface area contributed by atoms with Crippen LogP contribution in [0.1, 0.15) is 47.4 Å². The highest BCUT2D eigenvalue weighted by Gasteiger charge is 2.33. The van der Waals surface area contributed by atoms with Crippen molar-refractivity contribution in [2.24, 2.45) is 5.92 Å². The van der Waals surface area contributed by atoms with Crippen molar-refractivity contribution in [1.29, 1.82) is 0 Å². The molecule has 0 unspecified atom stereocenters. The Balaban J connectivity index is 2.00. The number of aliphatic carboxylic acids is 1. The third-order valence-electron chi connectivity index (χ3n) is 4.03. The summed E-state index contributed by atoms with van der Waals surface area (Å²) in [5.74, 6) is -1.71. The van der Waals surface area contributed by atoms with Crippen molar-refractivity contribution >= 4 is 11.9 Å². The Hall–Kier alpha value is -2.12. The maximum absolute atomic E-state index is 12.6. The highest BCUT2D eigenvalue weighted by Crippen LogP contribution is 2.28. The summed E-state index contributed by atoms with van der Waals surface area (Å²) in [5.41, 5.74) is -0.927. The van der Waals surface area contributed by atoms with E-state index in [1.54, 1.807) is 0 Å². The topological polar surface area (TPSA) is 79.3 Å². The molecule has 5 nitrogen and oxygen atoms in total. The lowest BCUT2D eigenvalue weighted by molar-refractivity contribution is -0.143. The van der Waals surface area contributed by atoms with Crippen LogP contribution in [0.3, 0.4) is 0 Å². The number of carboxylic acids is 1. The number of halogens is 3. The third kappa shape index (κ3) is 4.20. The number of aromatic nitrogens is 1. The number of nitrogens with zero attached hydrogens (tertiary/aromatic N) is 1. The average Bonchev–Trinajstić information content (AvgIpc) is 2.46. The molecule has 0 spiro atoms. The van der Waals surface area contributed by atoms with Crippen molar-refractivity contribution in [2.75, 3.05) is 0 Å². The van der Waals surface area contributed by atoms with Gasteiger partial charge in [-0.3, -0.25) is 9.59 Å². The molecule has 1 heterocycles. The fourth-order valence-electron chi connectivity index (χ4n) is 2.71. The Morgan fingerprint density at radius 3 is 2.30 bits per heavy atom. The van der Waals surface area contributed by atoms with Crippen LogP contribution >= 0.6 is 0 Å². The quantitative estimate of drug-likeness (QED) is 0.893. The first-order valence-electron chi connectivity index (χ1n) is 7.27. The van der Waals surface area contributed by atoms with Crippen molar-refractivity contribution in [1.82, 2.24) is 10.3 Å². The molecule has 1 amide bonds. The maximum atomic E-state index is 12.6. The molecule has 0 radical (unpaired) electrons. The Morgan fingerprint density at radius 2 is 1.83 bits per heavy atom. The van der Waals surface area contributed by atoms with E-state index in [4.69, 9.17) is 5.11 Å². The summed E-state index contributed by atoms with van der Waals surface area (Å²) in [6, 6.07) is 1.73. The largest absolute Gasteiger partial charge is 0.481 e.